The summed E-state index contributed by atoms with van der Waals surface area (Å²) in [6.07, 6.45) is 13.0. The van der Waals surface area contributed by atoms with Gasteiger partial charge in [-0.05, 0) is 61.8 Å². The monoisotopic (exact) mass is 442 g/mol. The summed E-state index contributed by atoms with van der Waals surface area (Å²) in [4.78, 5) is 22.3. The highest BCUT2D eigenvalue weighted by Crippen LogP contribution is 2.34. The Labute approximate surface area is 194 Å². The maximum atomic E-state index is 13.5. The van der Waals surface area contributed by atoms with Crippen LogP contribution < -0.4 is 5.32 Å². The van der Waals surface area contributed by atoms with Gasteiger partial charge in [-0.15, -0.1) is 0 Å². The van der Waals surface area contributed by atoms with Crippen molar-refractivity contribution < 1.29 is 4.79 Å². The van der Waals surface area contributed by atoms with Crippen LogP contribution in [0.15, 0.2) is 54.2 Å². The average molecular weight is 443 g/mol. The largest absolute Gasteiger partial charge is 0.370 e. The van der Waals surface area contributed by atoms with Crippen molar-refractivity contribution in [3.63, 3.8) is 0 Å². The van der Waals surface area contributed by atoms with E-state index in [1.165, 1.54) is 0 Å². The molecule has 6 heterocycles. The van der Waals surface area contributed by atoms with Crippen LogP contribution in [0.3, 0.4) is 0 Å². The van der Waals surface area contributed by atoms with Gasteiger partial charge >= 0.3 is 0 Å². The van der Waals surface area contributed by atoms with Crippen LogP contribution in [0.1, 0.15) is 30.4 Å². The molecule has 33 heavy (non-hydrogen) atoms. The Hall–Kier alpha value is -3.19. The lowest BCUT2D eigenvalue weighted by Crippen LogP contribution is -2.31. The summed E-state index contributed by atoms with van der Waals surface area (Å²) in [6.45, 7) is 10.4. The summed E-state index contributed by atoms with van der Waals surface area (Å²) in [5.41, 5.74) is 6.76. The van der Waals surface area contributed by atoms with Crippen molar-refractivity contribution in [3.05, 3.63) is 71.2 Å². The first kappa shape index (κ1) is 20.4. The molecule has 0 saturated carbocycles. The Morgan fingerprint density at radius 3 is 2.64 bits per heavy atom. The van der Waals surface area contributed by atoms with Gasteiger partial charge in [-0.2, -0.15) is 5.10 Å². The van der Waals surface area contributed by atoms with Gasteiger partial charge in [0.15, 0.2) is 0 Å². The van der Waals surface area contributed by atoms with E-state index in [1.807, 2.05) is 30.8 Å². The highest BCUT2D eigenvalue weighted by molar-refractivity contribution is 5.98. The number of aromatic nitrogens is 3. The predicted octanol–water partition coefficient (Wildman–Crippen LogP) is 3.04. The molecular formula is C26H30N6O. The van der Waals surface area contributed by atoms with Crippen molar-refractivity contribution in [1.82, 2.24) is 29.7 Å². The third-order valence-corrected chi connectivity index (χ3v) is 7.50. The number of aryl methyl sites for hydroxylation is 2. The molecular weight excluding hydrogens is 412 g/mol. The first-order valence-corrected chi connectivity index (χ1v) is 11.9. The molecule has 0 bridgehead atoms. The lowest BCUT2D eigenvalue weighted by molar-refractivity contribution is -0.122. The van der Waals surface area contributed by atoms with E-state index in [0.717, 1.165) is 72.2 Å². The second-order valence-electron chi connectivity index (χ2n) is 9.87. The van der Waals surface area contributed by atoms with Gasteiger partial charge in [0.2, 0.25) is 0 Å². The Kier molecular flexibility index (Phi) is 4.76. The van der Waals surface area contributed by atoms with E-state index in [2.05, 4.69) is 46.4 Å². The van der Waals surface area contributed by atoms with Crippen molar-refractivity contribution in [2.24, 2.45) is 17.8 Å². The minimum Gasteiger partial charge on any atom is -0.370 e. The molecule has 2 fully saturated rings. The molecule has 2 aromatic heterocycles. The average Bonchev–Trinajstić information content (AvgIpc) is 3.49. The van der Waals surface area contributed by atoms with Crippen molar-refractivity contribution >= 4 is 17.0 Å². The smallest absolute Gasteiger partial charge is 0.255 e. The molecule has 0 radical (unpaired) electrons. The zero-order chi connectivity index (χ0) is 22.7. The Morgan fingerprint density at radius 1 is 1.09 bits per heavy atom. The second-order valence-corrected chi connectivity index (χ2v) is 9.87. The van der Waals surface area contributed by atoms with E-state index >= 15 is 0 Å². The fraction of sp³-hybridized carbons (Fsp3) is 0.423. The molecule has 0 spiro atoms. The molecule has 1 amide bonds. The highest BCUT2D eigenvalue weighted by atomic mass is 16.2. The van der Waals surface area contributed by atoms with Crippen LogP contribution in [0.2, 0.25) is 0 Å². The number of hydrogen-bond donors (Lipinski definition) is 1. The van der Waals surface area contributed by atoms with Gasteiger partial charge in [0, 0.05) is 44.2 Å². The number of allylic oxidation sites excluding steroid dienone is 4. The SMILES string of the molecule is Cc1cn2nc(C3=CC(=O)N4C=C(N5CC6CNCC6C5)C=CC4=CCC3C)cc2c(C)n1. The topological polar surface area (TPSA) is 65.8 Å². The minimum atomic E-state index is -0.0196. The fourth-order valence-corrected chi connectivity index (χ4v) is 5.64. The number of nitrogens with zero attached hydrogens (tertiary/aromatic N) is 5. The Balaban J connectivity index is 1.33. The third-order valence-electron chi connectivity index (χ3n) is 7.50. The van der Waals surface area contributed by atoms with Crippen molar-refractivity contribution in [3.8, 4) is 0 Å². The molecule has 7 heteroatoms. The molecule has 7 nitrogen and oxygen atoms in total. The van der Waals surface area contributed by atoms with Gasteiger partial charge in [-0.3, -0.25) is 14.7 Å². The standard InChI is InChI=1S/C26H30N6O/c1-16-4-5-21-6-7-22(30-13-19-10-27-11-20(19)14-30)15-31(21)26(33)8-23(16)24-9-25-18(3)28-17(2)12-32(25)29-24/h5-9,12,15-16,19-20,27H,4,10-11,13-14H2,1-3H3. The van der Waals surface area contributed by atoms with Crippen LogP contribution >= 0.6 is 0 Å². The molecule has 2 saturated heterocycles. The summed E-state index contributed by atoms with van der Waals surface area (Å²) in [5.74, 6) is 1.59. The summed E-state index contributed by atoms with van der Waals surface area (Å²) >= 11 is 0. The maximum absolute atomic E-state index is 13.5. The van der Waals surface area contributed by atoms with E-state index in [9.17, 15) is 4.79 Å². The van der Waals surface area contributed by atoms with Crippen molar-refractivity contribution in [2.75, 3.05) is 26.2 Å². The number of rotatable bonds is 2. The van der Waals surface area contributed by atoms with Crippen molar-refractivity contribution in [2.45, 2.75) is 27.2 Å². The quantitative estimate of drug-likeness (QED) is 0.775. The van der Waals surface area contributed by atoms with E-state index < -0.39 is 0 Å². The summed E-state index contributed by atoms with van der Waals surface area (Å²) in [7, 11) is 0. The normalized spacial score (nSPS) is 27.2. The van der Waals surface area contributed by atoms with Gasteiger partial charge in [-0.1, -0.05) is 13.0 Å². The van der Waals surface area contributed by atoms with Gasteiger partial charge < -0.3 is 10.2 Å². The number of carbonyl (C=O) groups is 1. The maximum Gasteiger partial charge on any atom is 0.255 e. The van der Waals surface area contributed by atoms with Crippen LogP contribution in [0.5, 0.6) is 0 Å². The van der Waals surface area contributed by atoms with E-state index in [0.29, 0.717) is 11.8 Å². The fourth-order valence-electron chi connectivity index (χ4n) is 5.64. The summed E-state index contributed by atoms with van der Waals surface area (Å²) < 4.78 is 1.88. The molecule has 3 atom stereocenters. The predicted molar refractivity (Wildman–Crippen MR) is 128 cm³/mol. The van der Waals surface area contributed by atoms with Crippen LogP contribution in [0.4, 0.5) is 0 Å². The molecule has 1 N–H and O–H groups in total. The first-order chi connectivity index (χ1) is 16.0. The zero-order valence-electron chi connectivity index (χ0n) is 19.5. The molecule has 2 aromatic rings. The number of amides is 1. The van der Waals surface area contributed by atoms with E-state index in [-0.39, 0.29) is 11.8 Å². The Morgan fingerprint density at radius 2 is 1.85 bits per heavy atom. The van der Waals surface area contributed by atoms with Crippen LogP contribution in [-0.2, 0) is 4.79 Å². The van der Waals surface area contributed by atoms with Gasteiger partial charge in [0.1, 0.15) is 0 Å². The van der Waals surface area contributed by atoms with Crippen LogP contribution in [0.25, 0.3) is 11.1 Å². The number of fused-ring (bicyclic) bond motifs is 3. The lowest BCUT2D eigenvalue weighted by Gasteiger charge is -2.30. The van der Waals surface area contributed by atoms with Crippen LogP contribution in [-0.4, -0.2) is 56.5 Å². The first-order valence-electron chi connectivity index (χ1n) is 11.9. The van der Waals surface area contributed by atoms with Gasteiger partial charge in [0.25, 0.3) is 5.91 Å². The molecule has 3 unspecified atom stereocenters. The second kappa shape index (κ2) is 7.70. The molecule has 0 aromatic carbocycles. The highest BCUT2D eigenvalue weighted by Gasteiger charge is 2.37. The molecule has 0 aliphatic carbocycles. The number of nitrogens with one attached hydrogen (secondary N) is 1. The van der Waals surface area contributed by atoms with Gasteiger partial charge in [-0.25, -0.2) is 4.52 Å². The minimum absolute atomic E-state index is 0.0196. The van der Waals surface area contributed by atoms with Crippen LogP contribution in [0, 0.1) is 31.6 Å². The number of hydrogen-bond acceptors (Lipinski definition) is 5. The summed E-state index contributed by atoms with van der Waals surface area (Å²) in [5, 5.41) is 8.30. The molecule has 6 rings (SSSR count). The summed E-state index contributed by atoms with van der Waals surface area (Å²) in [6, 6.07) is 2.05. The lowest BCUT2D eigenvalue weighted by atomic mass is 9.92. The zero-order valence-corrected chi connectivity index (χ0v) is 19.5. The third kappa shape index (κ3) is 3.51. The molecule has 170 valence electrons. The Bertz CT molecular complexity index is 1250. The molecule has 4 aliphatic heterocycles. The van der Waals surface area contributed by atoms with E-state index in [1.54, 1.807) is 11.0 Å². The number of likely N-dealkylation sites (tertiary alicyclic amines) is 1. The molecule has 4 aliphatic rings. The van der Waals surface area contributed by atoms with Gasteiger partial charge in [0.05, 0.1) is 34.5 Å². The van der Waals surface area contributed by atoms with Crippen molar-refractivity contribution in [1.29, 1.82) is 0 Å². The van der Waals surface area contributed by atoms with E-state index in [4.69, 9.17) is 5.10 Å². The number of carbonyl (C=O) groups excluding carboxylic acids is 1.